The van der Waals surface area contributed by atoms with E-state index in [0.29, 0.717) is 0 Å². The van der Waals surface area contributed by atoms with Gasteiger partial charge < -0.3 is 15.1 Å². The van der Waals surface area contributed by atoms with Gasteiger partial charge in [0.15, 0.2) is 0 Å². The lowest BCUT2D eigenvalue weighted by Crippen LogP contribution is -2.48. The van der Waals surface area contributed by atoms with Crippen LogP contribution in [-0.4, -0.2) is 53.5 Å². The lowest BCUT2D eigenvalue weighted by Gasteiger charge is -2.34. The molecule has 1 fully saturated rings. The highest BCUT2D eigenvalue weighted by molar-refractivity contribution is 5.73. The lowest BCUT2D eigenvalue weighted by molar-refractivity contribution is -0.129. The van der Waals surface area contributed by atoms with Crippen LogP contribution in [0.2, 0.25) is 0 Å². The molecule has 0 radical (unpaired) electrons. The van der Waals surface area contributed by atoms with Gasteiger partial charge >= 0.3 is 0 Å². The van der Waals surface area contributed by atoms with Crippen molar-refractivity contribution in [2.45, 2.75) is 26.7 Å². The summed E-state index contributed by atoms with van der Waals surface area (Å²) in [6.07, 6.45) is 3.90. The number of nitrogens with zero attached hydrogens (tertiary/aromatic N) is 4. The average Bonchev–Trinajstić information content (AvgIpc) is 2.48. The second-order valence-corrected chi connectivity index (χ2v) is 5.03. The van der Waals surface area contributed by atoms with Gasteiger partial charge in [-0.05, 0) is 6.42 Å². The van der Waals surface area contributed by atoms with Gasteiger partial charge in [-0.3, -0.25) is 4.79 Å². The number of unbranched alkanes of at least 4 members (excludes halogenated alkanes) is 1. The molecule has 2 heterocycles. The highest BCUT2D eigenvalue weighted by Crippen LogP contribution is 2.16. The number of hydrogen-bond donors (Lipinski definition) is 1. The molecule has 2 rings (SSSR count). The van der Waals surface area contributed by atoms with E-state index < -0.39 is 0 Å². The lowest BCUT2D eigenvalue weighted by atomic mass is 10.3. The molecule has 1 amide bonds. The zero-order valence-corrected chi connectivity index (χ0v) is 12.3. The summed E-state index contributed by atoms with van der Waals surface area (Å²) in [6.45, 7) is 7.90. The number of rotatable bonds is 5. The Hall–Kier alpha value is -1.85. The number of hydrogen-bond acceptors (Lipinski definition) is 5. The summed E-state index contributed by atoms with van der Waals surface area (Å²) in [5.41, 5.74) is 0. The first kappa shape index (κ1) is 14.6. The van der Waals surface area contributed by atoms with E-state index in [1.54, 1.807) is 13.3 Å². The van der Waals surface area contributed by atoms with Crippen LogP contribution in [0.15, 0.2) is 12.4 Å². The molecular formula is C14H23N5O. The summed E-state index contributed by atoms with van der Waals surface area (Å²) in [5, 5.41) is 3.31. The van der Waals surface area contributed by atoms with Crippen LogP contribution in [0.4, 0.5) is 11.6 Å². The number of carbonyl (C=O) groups is 1. The van der Waals surface area contributed by atoms with Crippen LogP contribution in [0.3, 0.4) is 0 Å². The SMILES string of the molecule is CCCCNc1cc(N2CCN(C(C)=O)CC2)ncn1. The van der Waals surface area contributed by atoms with E-state index >= 15 is 0 Å². The van der Waals surface area contributed by atoms with Crippen LogP contribution in [0.5, 0.6) is 0 Å². The summed E-state index contributed by atoms with van der Waals surface area (Å²) in [6, 6.07) is 1.99. The highest BCUT2D eigenvalue weighted by atomic mass is 16.2. The average molecular weight is 277 g/mol. The first-order valence-corrected chi connectivity index (χ1v) is 7.27. The number of amides is 1. The minimum atomic E-state index is 0.147. The Labute approximate surface area is 120 Å². The molecule has 0 unspecified atom stereocenters. The van der Waals surface area contributed by atoms with Crippen molar-refractivity contribution in [3.63, 3.8) is 0 Å². The summed E-state index contributed by atoms with van der Waals surface area (Å²) in [4.78, 5) is 24.0. The van der Waals surface area contributed by atoms with E-state index in [1.807, 2.05) is 11.0 Å². The van der Waals surface area contributed by atoms with Crippen molar-refractivity contribution in [3.05, 3.63) is 12.4 Å². The molecule has 110 valence electrons. The molecule has 20 heavy (non-hydrogen) atoms. The van der Waals surface area contributed by atoms with E-state index in [0.717, 1.165) is 57.2 Å². The number of aromatic nitrogens is 2. The quantitative estimate of drug-likeness (QED) is 0.823. The molecule has 0 aromatic carbocycles. The number of carbonyl (C=O) groups excluding carboxylic acids is 1. The molecule has 0 aliphatic carbocycles. The fraction of sp³-hybridized carbons (Fsp3) is 0.643. The van der Waals surface area contributed by atoms with Gasteiger partial charge in [-0.25, -0.2) is 9.97 Å². The Bertz CT molecular complexity index is 443. The molecule has 6 heteroatoms. The summed E-state index contributed by atoms with van der Waals surface area (Å²) in [5.74, 6) is 1.95. The van der Waals surface area contributed by atoms with Crippen molar-refractivity contribution in [2.75, 3.05) is 42.9 Å². The smallest absolute Gasteiger partial charge is 0.219 e. The summed E-state index contributed by atoms with van der Waals surface area (Å²) >= 11 is 0. The zero-order chi connectivity index (χ0) is 14.4. The third-order valence-electron chi connectivity index (χ3n) is 3.54. The maximum absolute atomic E-state index is 11.3. The Morgan fingerprint density at radius 3 is 2.70 bits per heavy atom. The van der Waals surface area contributed by atoms with Gasteiger partial charge in [-0.1, -0.05) is 13.3 Å². The van der Waals surface area contributed by atoms with Gasteiger partial charge in [-0.15, -0.1) is 0 Å². The first-order chi connectivity index (χ1) is 9.70. The van der Waals surface area contributed by atoms with Crippen molar-refractivity contribution in [1.82, 2.24) is 14.9 Å². The molecule has 0 atom stereocenters. The van der Waals surface area contributed by atoms with Crippen molar-refractivity contribution in [3.8, 4) is 0 Å². The minimum absolute atomic E-state index is 0.147. The molecule has 1 aromatic heterocycles. The second-order valence-electron chi connectivity index (χ2n) is 5.03. The largest absolute Gasteiger partial charge is 0.370 e. The molecular weight excluding hydrogens is 254 g/mol. The Morgan fingerprint density at radius 1 is 1.30 bits per heavy atom. The summed E-state index contributed by atoms with van der Waals surface area (Å²) in [7, 11) is 0. The van der Waals surface area contributed by atoms with Crippen LogP contribution < -0.4 is 10.2 Å². The predicted molar refractivity (Wildman–Crippen MR) is 79.9 cm³/mol. The molecule has 0 saturated carbocycles. The number of piperazine rings is 1. The van der Waals surface area contributed by atoms with Gasteiger partial charge in [0.1, 0.15) is 18.0 Å². The fourth-order valence-electron chi connectivity index (χ4n) is 2.26. The monoisotopic (exact) mass is 277 g/mol. The van der Waals surface area contributed by atoms with Crippen LogP contribution >= 0.6 is 0 Å². The van der Waals surface area contributed by atoms with Gasteiger partial charge in [0.25, 0.3) is 0 Å². The van der Waals surface area contributed by atoms with Crippen molar-refractivity contribution < 1.29 is 4.79 Å². The zero-order valence-electron chi connectivity index (χ0n) is 12.3. The van der Waals surface area contributed by atoms with Crippen molar-refractivity contribution in [2.24, 2.45) is 0 Å². The molecule has 1 saturated heterocycles. The molecule has 1 N–H and O–H groups in total. The Balaban J connectivity index is 1.92. The van der Waals surface area contributed by atoms with Gasteiger partial charge in [0, 0.05) is 45.7 Å². The molecule has 0 bridgehead atoms. The Morgan fingerprint density at radius 2 is 2.05 bits per heavy atom. The molecule has 1 aromatic rings. The van der Waals surface area contributed by atoms with E-state index in [-0.39, 0.29) is 5.91 Å². The van der Waals surface area contributed by atoms with Crippen molar-refractivity contribution >= 4 is 17.5 Å². The van der Waals surface area contributed by atoms with E-state index in [1.165, 1.54) is 0 Å². The molecule has 6 nitrogen and oxygen atoms in total. The topological polar surface area (TPSA) is 61.4 Å². The van der Waals surface area contributed by atoms with Crippen LogP contribution in [0, 0.1) is 0 Å². The molecule has 0 spiro atoms. The van der Waals surface area contributed by atoms with Crippen LogP contribution in [0.1, 0.15) is 26.7 Å². The Kier molecular flexibility index (Phi) is 5.15. The third-order valence-corrected chi connectivity index (χ3v) is 3.54. The van der Waals surface area contributed by atoms with Crippen LogP contribution in [-0.2, 0) is 4.79 Å². The normalized spacial score (nSPS) is 15.3. The molecule has 1 aliphatic heterocycles. The third kappa shape index (κ3) is 3.82. The van der Waals surface area contributed by atoms with Crippen molar-refractivity contribution in [1.29, 1.82) is 0 Å². The number of nitrogens with one attached hydrogen (secondary N) is 1. The van der Waals surface area contributed by atoms with Gasteiger partial charge in [0.2, 0.25) is 5.91 Å². The van der Waals surface area contributed by atoms with E-state index in [4.69, 9.17) is 0 Å². The maximum atomic E-state index is 11.3. The fourth-order valence-corrected chi connectivity index (χ4v) is 2.26. The molecule has 1 aliphatic rings. The number of anilines is 2. The highest BCUT2D eigenvalue weighted by Gasteiger charge is 2.19. The van der Waals surface area contributed by atoms with E-state index in [9.17, 15) is 4.79 Å². The van der Waals surface area contributed by atoms with Gasteiger partial charge in [0.05, 0.1) is 0 Å². The predicted octanol–water partition coefficient (Wildman–Crippen LogP) is 1.36. The first-order valence-electron chi connectivity index (χ1n) is 7.27. The van der Waals surface area contributed by atoms with Gasteiger partial charge in [-0.2, -0.15) is 0 Å². The van der Waals surface area contributed by atoms with E-state index in [2.05, 4.69) is 27.1 Å². The maximum Gasteiger partial charge on any atom is 0.219 e. The summed E-state index contributed by atoms with van der Waals surface area (Å²) < 4.78 is 0. The minimum Gasteiger partial charge on any atom is -0.370 e. The second kappa shape index (κ2) is 7.07. The standard InChI is InChI=1S/C14H23N5O/c1-3-4-5-15-13-10-14(17-11-16-13)19-8-6-18(7-9-19)12(2)20/h10-11H,3-9H2,1-2H3,(H,15,16,17). The van der Waals surface area contributed by atoms with Crippen LogP contribution in [0.25, 0.3) is 0 Å².